The normalized spacial score (nSPS) is 16.7. The number of rotatable bonds is 2. The molecule has 2 aromatic heterocycles. The third kappa shape index (κ3) is 2.16. The lowest BCUT2D eigenvalue weighted by molar-refractivity contribution is 0.0999. The number of pyridine rings is 1. The number of anilines is 1. The molecule has 122 valence electrons. The molecule has 1 aliphatic rings. The summed E-state index contributed by atoms with van der Waals surface area (Å²) in [6.45, 7) is 3.99. The maximum atomic E-state index is 11.9. The predicted octanol–water partition coefficient (Wildman–Crippen LogP) is 3.15. The highest BCUT2D eigenvalue weighted by Gasteiger charge is 2.27. The van der Waals surface area contributed by atoms with Crippen LogP contribution in [0.15, 0.2) is 36.5 Å². The molecular formula is C19H20N4O. The van der Waals surface area contributed by atoms with Crippen LogP contribution in [-0.4, -0.2) is 15.3 Å². The number of benzene rings is 1. The second kappa shape index (κ2) is 5.37. The Morgan fingerprint density at radius 2 is 2.04 bits per heavy atom. The van der Waals surface area contributed by atoms with Crippen molar-refractivity contribution in [3.63, 3.8) is 0 Å². The summed E-state index contributed by atoms with van der Waals surface area (Å²) >= 11 is 0. The van der Waals surface area contributed by atoms with E-state index in [0.717, 1.165) is 41.1 Å². The number of amides is 1. The number of fused-ring (bicyclic) bond motifs is 3. The van der Waals surface area contributed by atoms with E-state index in [1.54, 1.807) is 0 Å². The fraction of sp³-hybridized carbons (Fsp3) is 0.263. The number of aryl methyl sites for hydroxylation is 2. The number of nitrogens with zero attached hydrogens (tertiary/aromatic N) is 2. The van der Waals surface area contributed by atoms with Gasteiger partial charge in [0.15, 0.2) is 5.65 Å². The van der Waals surface area contributed by atoms with Gasteiger partial charge in [0, 0.05) is 11.9 Å². The molecule has 0 spiro atoms. The zero-order chi connectivity index (χ0) is 16.8. The third-order valence-electron chi connectivity index (χ3n) is 4.96. The molecule has 4 rings (SSSR count). The maximum Gasteiger partial charge on any atom is 0.250 e. The Morgan fingerprint density at radius 1 is 1.29 bits per heavy atom. The Bertz CT molecular complexity index is 943. The summed E-state index contributed by atoms with van der Waals surface area (Å²) in [5.41, 5.74) is 12.2. The molecule has 24 heavy (non-hydrogen) atoms. The van der Waals surface area contributed by atoms with E-state index in [0.29, 0.717) is 5.56 Å². The minimum absolute atomic E-state index is 0.211. The van der Waals surface area contributed by atoms with Gasteiger partial charge in [-0.25, -0.2) is 4.98 Å². The number of hydrogen-bond donors (Lipinski definition) is 2. The SMILES string of the molecule is Cc1nc2c3c(c(C(N)=O)cn2c1C)CC[C@H](c1ccccc1)N3. The summed E-state index contributed by atoms with van der Waals surface area (Å²) in [6, 6.07) is 10.6. The highest BCUT2D eigenvalue weighted by Crippen LogP contribution is 2.37. The van der Waals surface area contributed by atoms with Crippen molar-refractivity contribution in [1.82, 2.24) is 9.38 Å². The lowest BCUT2D eigenvalue weighted by Crippen LogP contribution is -2.23. The smallest absolute Gasteiger partial charge is 0.250 e. The fourth-order valence-electron chi connectivity index (χ4n) is 3.53. The number of nitrogens with one attached hydrogen (secondary N) is 1. The molecule has 3 aromatic rings. The van der Waals surface area contributed by atoms with E-state index in [9.17, 15) is 4.79 Å². The fourth-order valence-corrected chi connectivity index (χ4v) is 3.53. The van der Waals surface area contributed by atoms with Gasteiger partial charge in [-0.1, -0.05) is 30.3 Å². The van der Waals surface area contributed by atoms with E-state index < -0.39 is 0 Å². The topological polar surface area (TPSA) is 72.4 Å². The van der Waals surface area contributed by atoms with Crippen LogP contribution in [0.2, 0.25) is 0 Å². The van der Waals surface area contributed by atoms with Gasteiger partial charge in [0.1, 0.15) is 0 Å². The van der Waals surface area contributed by atoms with Crippen LogP contribution < -0.4 is 11.1 Å². The summed E-state index contributed by atoms with van der Waals surface area (Å²) in [4.78, 5) is 16.6. The van der Waals surface area contributed by atoms with Crippen molar-refractivity contribution in [2.75, 3.05) is 5.32 Å². The maximum absolute atomic E-state index is 11.9. The van der Waals surface area contributed by atoms with Gasteiger partial charge in [-0.05, 0) is 37.8 Å². The average molecular weight is 320 g/mol. The van der Waals surface area contributed by atoms with Crippen molar-refractivity contribution in [3.05, 3.63) is 64.6 Å². The number of primary amides is 1. The zero-order valence-corrected chi connectivity index (χ0v) is 13.8. The second-order valence-electron chi connectivity index (χ2n) is 6.38. The molecule has 3 N–H and O–H groups in total. The van der Waals surface area contributed by atoms with Crippen LogP contribution >= 0.6 is 0 Å². The number of carbonyl (C=O) groups is 1. The Kier molecular flexibility index (Phi) is 3.30. The van der Waals surface area contributed by atoms with Crippen molar-refractivity contribution in [2.24, 2.45) is 5.73 Å². The van der Waals surface area contributed by atoms with Crippen LogP contribution in [-0.2, 0) is 6.42 Å². The third-order valence-corrected chi connectivity index (χ3v) is 4.96. The van der Waals surface area contributed by atoms with Crippen LogP contribution in [0.5, 0.6) is 0 Å². The largest absolute Gasteiger partial charge is 0.375 e. The lowest BCUT2D eigenvalue weighted by Gasteiger charge is -2.29. The van der Waals surface area contributed by atoms with Gasteiger partial charge in [0.2, 0.25) is 0 Å². The first kappa shape index (κ1) is 14.8. The summed E-state index contributed by atoms with van der Waals surface area (Å²) in [5.74, 6) is -0.390. The van der Waals surface area contributed by atoms with Gasteiger partial charge in [-0.15, -0.1) is 0 Å². The Morgan fingerprint density at radius 3 is 2.75 bits per heavy atom. The standard InChI is InChI=1S/C19H20N4O/c1-11-12(2)23-10-15(18(20)24)14-8-9-16(13-6-4-3-5-7-13)22-17(14)19(23)21-11/h3-7,10,16,22H,8-9H2,1-2H3,(H2,20,24)/t16-/m1/s1. The van der Waals surface area contributed by atoms with E-state index >= 15 is 0 Å². The number of nitrogens with two attached hydrogens (primary N) is 1. The quantitative estimate of drug-likeness (QED) is 0.762. The molecule has 5 nitrogen and oxygen atoms in total. The van der Waals surface area contributed by atoms with Crippen LogP contribution in [0.4, 0.5) is 5.69 Å². The highest BCUT2D eigenvalue weighted by atomic mass is 16.1. The molecule has 1 atom stereocenters. The van der Waals surface area contributed by atoms with Gasteiger partial charge in [0.05, 0.1) is 23.0 Å². The first-order chi connectivity index (χ1) is 11.6. The van der Waals surface area contributed by atoms with Crippen LogP contribution in [0.3, 0.4) is 0 Å². The molecule has 0 bridgehead atoms. The van der Waals surface area contributed by atoms with E-state index in [1.807, 2.05) is 42.6 Å². The zero-order valence-electron chi connectivity index (χ0n) is 13.8. The van der Waals surface area contributed by atoms with Crippen molar-refractivity contribution >= 4 is 17.2 Å². The molecule has 5 heteroatoms. The molecule has 0 radical (unpaired) electrons. The van der Waals surface area contributed by atoms with Crippen LogP contribution in [0, 0.1) is 13.8 Å². The van der Waals surface area contributed by atoms with Gasteiger partial charge >= 0.3 is 0 Å². The molecule has 1 aromatic carbocycles. The van der Waals surface area contributed by atoms with Gasteiger partial charge in [-0.3, -0.25) is 4.79 Å². The number of hydrogen-bond acceptors (Lipinski definition) is 3. The van der Waals surface area contributed by atoms with E-state index in [-0.39, 0.29) is 11.9 Å². The molecule has 1 amide bonds. The molecule has 0 saturated carbocycles. The molecule has 0 unspecified atom stereocenters. The van der Waals surface area contributed by atoms with Gasteiger partial charge in [-0.2, -0.15) is 0 Å². The number of imidazole rings is 1. The van der Waals surface area contributed by atoms with Crippen LogP contribution in [0.25, 0.3) is 5.65 Å². The van der Waals surface area contributed by atoms with E-state index in [4.69, 9.17) is 10.7 Å². The number of carbonyl (C=O) groups excluding carboxylic acids is 1. The van der Waals surface area contributed by atoms with Gasteiger partial charge in [0.25, 0.3) is 5.91 Å². The van der Waals surface area contributed by atoms with Crippen molar-refractivity contribution in [2.45, 2.75) is 32.7 Å². The molecule has 3 heterocycles. The molecular weight excluding hydrogens is 300 g/mol. The van der Waals surface area contributed by atoms with Crippen molar-refractivity contribution in [1.29, 1.82) is 0 Å². The van der Waals surface area contributed by atoms with E-state index in [1.165, 1.54) is 5.56 Å². The first-order valence-corrected chi connectivity index (χ1v) is 8.18. The monoisotopic (exact) mass is 320 g/mol. The first-order valence-electron chi connectivity index (χ1n) is 8.18. The summed E-state index contributed by atoms with van der Waals surface area (Å²) in [6.07, 6.45) is 3.56. The Balaban J connectivity index is 1.91. The van der Waals surface area contributed by atoms with Crippen molar-refractivity contribution in [3.8, 4) is 0 Å². The lowest BCUT2D eigenvalue weighted by atomic mass is 9.91. The van der Waals surface area contributed by atoms with E-state index in [2.05, 4.69) is 17.4 Å². The summed E-state index contributed by atoms with van der Waals surface area (Å²) < 4.78 is 1.97. The minimum Gasteiger partial charge on any atom is -0.375 e. The molecule has 1 aliphatic heterocycles. The predicted molar refractivity (Wildman–Crippen MR) is 94.3 cm³/mol. The number of aromatic nitrogens is 2. The minimum atomic E-state index is -0.390. The Labute approximate surface area is 140 Å². The highest BCUT2D eigenvalue weighted by molar-refractivity contribution is 5.97. The Hall–Kier alpha value is -2.82. The summed E-state index contributed by atoms with van der Waals surface area (Å²) in [7, 11) is 0. The molecule has 0 fully saturated rings. The van der Waals surface area contributed by atoms with Crippen molar-refractivity contribution < 1.29 is 4.79 Å². The van der Waals surface area contributed by atoms with Gasteiger partial charge < -0.3 is 15.5 Å². The second-order valence-corrected chi connectivity index (χ2v) is 6.38. The summed E-state index contributed by atoms with van der Waals surface area (Å²) in [5, 5.41) is 3.60. The average Bonchev–Trinajstić information content (AvgIpc) is 2.89. The van der Waals surface area contributed by atoms with Crippen LogP contribution in [0.1, 0.15) is 45.3 Å². The molecule has 0 saturated heterocycles. The molecule has 0 aliphatic carbocycles.